The van der Waals surface area contributed by atoms with Gasteiger partial charge in [-0.2, -0.15) is 0 Å². The zero-order valence-corrected chi connectivity index (χ0v) is 18.7. The monoisotopic (exact) mass is 425 g/mol. The summed E-state index contributed by atoms with van der Waals surface area (Å²) in [6.07, 6.45) is 26.6. The Morgan fingerprint density at radius 2 is 1.88 bits per heavy atom. The van der Waals surface area contributed by atoms with Crippen molar-refractivity contribution in [2.75, 3.05) is 0 Å². The SMILES string of the molecule is C=CC1=CC=C2C=CC=C(C/C2=C\C=C/N)C(c2cc3c4c(cccc4c2)CC=C3)=C1C=C. The molecule has 3 aliphatic rings. The second-order valence-electron chi connectivity index (χ2n) is 8.43. The molecule has 1 heteroatoms. The van der Waals surface area contributed by atoms with Crippen LogP contribution in [0.2, 0.25) is 0 Å². The minimum atomic E-state index is 0.803. The van der Waals surface area contributed by atoms with Crippen molar-refractivity contribution in [2.45, 2.75) is 12.8 Å². The minimum absolute atomic E-state index is 0.803. The standard InChI is InChI=1S/C32H27N/c1-3-22-16-17-23-9-5-14-28(19-25(23)15-8-18-33)32(30(22)4-2)29-20-26-12-6-10-24-11-7-13-27(21-29)31(24)26/h3-10,12-18,20-21H,1-2,11,19,33H2/b17-16?,18-8-,22-16?,23-17?,25-15+,30-22?,32-28?,32-30?. The molecule has 33 heavy (non-hydrogen) atoms. The fourth-order valence-corrected chi connectivity index (χ4v) is 5.03. The molecule has 2 bridgehead atoms. The topological polar surface area (TPSA) is 26.0 Å². The van der Waals surface area contributed by atoms with E-state index < -0.39 is 0 Å². The van der Waals surface area contributed by atoms with Crippen LogP contribution in [0, 0.1) is 0 Å². The van der Waals surface area contributed by atoms with Crippen molar-refractivity contribution in [3.63, 3.8) is 0 Å². The number of hydrogen-bond acceptors (Lipinski definition) is 1. The van der Waals surface area contributed by atoms with E-state index in [1.54, 1.807) is 6.20 Å². The zero-order valence-electron chi connectivity index (χ0n) is 18.7. The Morgan fingerprint density at radius 3 is 2.70 bits per heavy atom. The summed E-state index contributed by atoms with van der Waals surface area (Å²) in [5.74, 6) is 0. The van der Waals surface area contributed by atoms with Crippen molar-refractivity contribution in [3.05, 3.63) is 155 Å². The molecule has 0 amide bonds. The van der Waals surface area contributed by atoms with E-state index in [0.717, 1.165) is 24.0 Å². The van der Waals surface area contributed by atoms with Gasteiger partial charge in [0.05, 0.1) is 0 Å². The van der Waals surface area contributed by atoms with Crippen molar-refractivity contribution in [2.24, 2.45) is 5.73 Å². The lowest BCUT2D eigenvalue weighted by molar-refractivity contribution is 1.19. The van der Waals surface area contributed by atoms with Crippen LogP contribution >= 0.6 is 0 Å². The molecule has 0 spiro atoms. The van der Waals surface area contributed by atoms with E-state index in [1.165, 1.54) is 49.8 Å². The first-order valence-corrected chi connectivity index (χ1v) is 11.3. The highest BCUT2D eigenvalue weighted by atomic mass is 14.5. The van der Waals surface area contributed by atoms with E-state index in [1.807, 2.05) is 18.2 Å². The van der Waals surface area contributed by atoms with Gasteiger partial charge in [-0.15, -0.1) is 0 Å². The Bertz CT molecular complexity index is 1420. The van der Waals surface area contributed by atoms with Crippen LogP contribution in [-0.2, 0) is 6.42 Å². The highest BCUT2D eigenvalue weighted by Crippen LogP contribution is 2.41. The molecule has 0 fully saturated rings. The molecule has 5 rings (SSSR count). The van der Waals surface area contributed by atoms with Crippen LogP contribution in [0.3, 0.4) is 0 Å². The molecule has 0 atom stereocenters. The molecule has 3 aliphatic carbocycles. The molecule has 1 nitrogen and oxygen atoms in total. The molecule has 0 aliphatic heterocycles. The number of nitrogens with two attached hydrogens (primary N) is 1. The van der Waals surface area contributed by atoms with Crippen LogP contribution in [0.25, 0.3) is 22.4 Å². The first kappa shape index (κ1) is 20.8. The van der Waals surface area contributed by atoms with E-state index >= 15 is 0 Å². The average molecular weight is 426 g/mol. The van der Waals surface area contributed by atoms with Crippen LogP contribution in [0.1, 0.15) is 23.1 Å². The van der Waals surface area contributed by atoms with Crippen LogP contribution in [0.5, 0.6) is 0 Å². The predicted molar refractivity (Wildman–Crippen MR) is 143 cm³/mol. The van der Waals surface area contributed by atoms with Gasteiger partial charge in [0.2, 0.25) is 0 Å². The Labute approximate surface area is 196 Å². The molecule has 0 heterocycles. The van der Waals surface area contributed by atoms with Crippen molar-refractivity contribution >= 4 is 22.4 Å². The summed E-state index contributed by atoms with van der Waals surface area (Å²) in [4.78, 5) is 0. The van der Waals surface area contributed by atoms with Gasteiger partial charge < -0.3 is 5.73 Å². The van der Waals surface area contributed by atoms with E-state index in [-0.39, 0.29) is 0 Å². The van der Waals surface area contributed by atoms with Crippen LogP contribution < -0.4 is 5.73 Å². The number of rotatable bonds is 4. The van der Waals surface area contributed by atoms with Crippen LogP contribution in [-0.4, -0.2) is 0 Å². The summed E-state index contributed by atoms with van der Waals surface area (Å²) in [5, 5.41) is 2.63. The van der Waals surface area contributed by atoms with E-state index in [4.69, 9.17) is 5.73 Å². The van der Waals surface area contributed by atoms with Gasteiger partial charge in [-0.3, -0.25) is 0 Å². The molecule has 0 saturated heterocycles. The lowest BCUT2D eigenvalue weighted by Crippen LogP contribution is -2.00. The van der Waals surface area contributed by atoms with Crippen molar-refractivity contribution in [1.82, 2.24) is 0 Å². The maximum absolute atomic E-state index is 5.66. The van der Waals surface area contributed by atoms with Crippen molar-refractivity contribution in [1.29, 1.82) is 0 Å². The quantitative estimate of drug-likeness (QED) is 0.534. The summed E-state index contributed by atoms with van der Waals surface area (Å²) in [7, 11) is 0. The Kier molecular flexibility index (Phi) is 5.54. The van der Waals surface area contributed by atoms with Gasteiger partial charge in [0.25, 0.3) is 0 Å². The fourth-order valence-electron chi connectivity index (χ4n) is 5.03. The molecule has 0 unspecified atom stereocenters. The molecule has 160 valence electrons. The summed E-state index contributed by atoms with van der Waals surface area (Å²) >= 11 is 0. The third kappa shape index (κ3) is 3.72. The second-order valence-corrected chi connectivity index (χ2v) is 8.43. The number of hydrogen-bond donors (Lipinski definition) is 1. The Morgan fingerprint density at radius 1 is 0.970 bits per heavy atom. The summed E-state index contributed by atoms with van der Waals surface area (Å²) in [5.41, 5.74) is 16.5. The van der Waals surface area contributed by atoms with Crippen molar-refractivity contribution < 1.29 is 0 Å². The minimum Gasteiger partial charge on any atom is -0.405 e. The third-order valence-electron chi connectivity index (χ3n) is 6.52. The number of fused-ring (bicyclic) bond motifs is 3. The smallest absolute Gasteiger partial charge is 0.00134 e. The Hall–Kier alpha value is -4.10. The molecular formula is C32H27N. The Balaban J connectivity index is 1.83. The third-order valence-corrected chi connectivity index (χ3v) is 6.52. The predicted octanol–water partition coefficient (Wildman–Crippen LogP) is 7.69. The molecule has 0 saturated carbocycles. The highest BCUT2D eigenvalue weighted by Gasteiger charge is 2.21. The molecule has 2 aromatic carbocycles. The number of benzene rings is 2. The molecule has 2 N–H and O–H groups in total. The van der Waals surface area contributed by atoms with Gasteiger partial charge in [-0.1, -0.05) is 92.1 Å². The first-order valence-electron chi connectivity index (χ1n) is 11.3. The van der Waals surface area contributed by atoms with Crippen LogP contribution in [0.4, 0.5) is 0 Å². The van der Waals surface area contributed by atoms with Crippen LogP contribution in [0.15, 0.2) is 138 Å². The van der Waals surface area contributed by atoms with Gasteiger partial charge >= 0.3 is 0 Å². The zero-order chi connectivity index (χ0) is 22.8. The lowest BCUT2D eigenvalue weighted by atomic mass is 9.83. The van der Waals surface area contributed by atoms with Gasteiger partial charge in [0.1, 0.15) is 0 Å². The normalized spacial score (nSPS) is 18.5. The van der Waals surface area contributed by atoms with Crippen molar-refractivity contribution in [3.8, 4) is 0 Å². The maximum atomic E-state index is 5.66. The largest absolute Gasteiger partial charge is 0.405 e. The fraction of sp³-hybridized carbons (Fsp3) is 0.0625. The molecule has 0 radical (unpaired) electrons. The van der Waals surface area contributed by atoms with Gasteiger partial charge in [-0.25, -0.2) is 0 Å². The highest BCUT2D eigenvalue weighted by molar-refractivity contribution is 6.00. The molecule has 0 aromatic heterocycles. The number of allylic oxidation sites excluding steroid dienone is 16. The molecule has 2 aromatic rings. The maximum Gasteiger partial charge on any atom is -0.00134 e. The first-order chi connectivity index (χ1) is 16.2. The van der Waals surface area contributed by atoms with E-state index in [2.05, 4.69) is 92.1 Å². The van der Waals surface area contributed by atoms with E-state index in [9.17, 15) is 0 Å². The second kappa shape index (κ2) is 8.80. The van der Waals surface area contributed by atoms with Gasteiger partial charge in [-0.05, 0) is 98.2 Å². The van der Waals surface area contributed by atoms with Gasteiger partial charge in [0, 0.05) is 0 Å². The van der Waals surface area contributed by atoms with E-state index in [0.29, 0.717) is 0 Å². The van der Waals surface area contributed by atoms with Gasteiger partial charge in [0.15, 0.2) is 0 Å². The summed E-state index contributed by atoms with van der Waals surface area (Å²) in [6, 6.07) is 11.3. The molecular weight excluding hydrogens is 398 g/mol. The average Bonchev–Trinajstić information content (AvgIpc) is 3.01. The lowest BCUT2D eigenvalue weighted by Gasteiger charge is -2.21. The summed E-state index contributed by atoms with van der Waals surface area (Å²) < 4.78 is 0. The summed E-state index contributed by atoms with van der Waals surface area (Å²) in [6.45, 7) is 8.31.